The summed E-state index contributed by atoms with van der Waals surface area (Å²) in [7, 11) is 0. The molecule has 1 aliphatic rings. The average Bonchev–Trinajstić information content (AvgIpc) is 1.90. The van der Waals surface area contributed by atoms with Crippen LogP contribution in [0.3, 0.4) is 0 Å². The van der Waals surface area contributed by atoms with Gasteiger partial charge in [0.25, 0.3) is 0 Å². The minimum Gasteiger partial charge on any atom is -0.381 e. The molecule has 1 atom stereocenters. The highest BCUT2D eigenvalue weighted by atomic mass is 16.5. The van der Waals surface area contributed by atoms with E-state index in [2.05, 4.69) is 6.92 Å². The Bertz CT molecular complexity index is 77.0. The van der Waals surface area contributed by atoms with Crippen LogP contribution >= 0.6 is 0 Å². The first-order valence-electron chi connectivity index (χ1n) is 3.64. The third kappa shape index (κ3) is 1.95. The molecule has 0 aromatic rings. The second kappa shape index (κ2) is 3.18. The zero-order valence-electron chi connectivity index (χ0n) is 5.97. The number of hydrogen-bond acceptors (Lipinski definition) is 2. The van der Waals surface area contributed by atoms with Gasteiger partial charge in [-0.2, -0.15) is 0 Å². The van der Waals surface area contributed by atoms with Crippen LogP contribution in [0.5, 0.6) is 0 Å². The Morgan fingerprint density at radius 1 is 1.44 bits per heavy atom. The minimum absolute atomic E-state index is 0.355. The molecule has 9 heavy (non-hydrogen) atoms. The molecule has 2 heteroatoms. The predicted molar refractivity (Wildman–Crippen MR) is 37.2 cm³/mol. The predicted octanol–water partition coefficient (Wildman–Crippen LogP) is 0.760. The second-order valence-electron chi connectivity index (χ2n) is 2.81. The maximum absolute atomic E-state index is 5.71. The van der Waals surface area contributed by atoms with Gasteiger partial charge in [-0.1, -0.05) is 0 Å². The first-order chi connectivity index (χ1) is 4.30. The maximum atomic E-state index is 5.71. The van der Waals surface area contributed by atoms with Gasteiger partial charge in [-0.05, 0) is 25.7 Å². The monoisotopic (exact) mass is 129 g/mol. The van der Waals surface area contributed by atoms with Gasteiger partial charge in [0.15, 0.2) is 0 Å². The summed E-state index contributed by atoms with van der Waals surface area (Å²) in [5, 5.41) is 0. The van der Waals surface area contributed by atoms with Crippen LogP contribution in [-0.4, -0.2) is 19.3 Å². The first kappa shape index (κ1) is 7.03. The Kier molecular flexibility index (Phi) is 2.49. The van der Waals surface area contributed by atoms with Gasteiger partial charge in [0, 0.05) is 19.3 Å². The normalized spacial score (nSPS) is 26.0. The van der Waals surface area contributed by atoms with Crippen LogP contribution in [0, 0.1) is 5.92 Å². The van der Waals surface area contributed by atoms with E-state index in [1.165, 1.54) is 0 Å². The lowest BCUT2D eigenvalue weighted by Gasteiger charge is -2.24. The zero-order valence-corrected chi connectivity index (χ0v) is 5.97. The molecule has 0 aromatic carbocycles. The van der Waals surface area contributed by atoms with Crippen LogP contribution in [-0.2, 0) is 4.74 Å². The second-order valence-corrected chi connectivity index (χ2v) is 2.81. The third-order valence-corrected chi connectivity index (χ3v) is 2.01. The van der Waals surface area contributed by atoms with Gasteiger partial charge in [-0.25, -0.2) is 0 Å². The van der Waals surface area contributed by atoms with Crippen LogP contribution in [0.1, 0.15) is 19.8 Å². The molecule has 1 aliphatic heterocycles. The summed E-state index contributed by atoms with van der Waals surface area (Å²) in [6.07, 6.45) is 2.30. The van der Waals surface area contributed by atoms with Crippen molar-refractivity contribution in [3.05, 3.63) is 0 Å². The van der Waals surface area contributed by atoms with Crippen molar-refractivity contribution in [2.24, 2.45) is 11.7 Å². The summed E-state index contributed by atoms with van der Waals surface area (Å²) in [5.74, 6) is 0.707. The molecule has 1 heterocycles. The molecule has 0 amide bonds. The molecule has 0 aromatic heterocycles. The van der Waals surface area contributed by atoms with Crippen molar-refractivity contribution >= 4 is 0 Å². The lowest BCUT2D eigenvalue weighted by atomic mass is 9.94. The van der Waals surface area contributed by atoms with Crippen molar-refractivity contribution in [2.75, 3.05) is 13.2 Å². The van der Waals surface area contributed by atoms with Crippen LogP contribution in [0.15, 0.2) is 0 Å². The lowest BCUT2D eigenvalue weighted by molar-refractivity contribution is 0.0603. The smallest absolute Gasteiger partial charge is 0.0469 e. The Hall–Kier alpha value is -0.0800. The van der Waals surface area contributed by atoms with Crippen molar-refractivity contribution in [3.63, 3.8) is 0 Å². The molecule has 2 nitrogen and oxygen atoms in total. The fourth-order valence-electron chi connectivity index (χ4n) is 1.24. The summed E-state index contributed by atoms with van der Waals surface area (Å²) in [6, 6.07) is 0.355. The summed E-state index contributed by atoms with van der Waals surface area (Å²) < 4.78 is 5.19. The molecule has 1 saturated heterocycles. The molecular formula is C7H15NO. The van der Waals surface area contributed by atoms with Gasteiger partial charge in [0.05, 0.1) is 0 Å². The molecule has 2 N–H and O–H groups in total. The van der Waals surface area contributed by atoms with E-state index >= 15 is 0 Å². The van der Waals surface area contributed by atoms with Crippen LogP contribution in [0.2, 0.25) is 0 Å². The minimum atomic E-state index is 0.355. The van der Waals surface area contributed by atoms with Crippen molar-refractivity contribution in [3.8, 4) is 0 Å². The fourth-order valence-corrected chi connectivity index (χ4v) is 1.24. The quantitative estimate of drug-likeness (QED) is 0.567. The van der Waals surface area contributed by atoms with Crippen molar-refractivity contribution in [1.82, 2.24) is 0 Å². The van der Waals surface area contributed by atoms with E-state index in [0.29, 0.717) is 12.0 Å². The van der Waals surface area contributed by atoms with E-state index in [9.17, 15) is 0 Å². The summed E-state index contributed by atoms with van der Waals surface area (Å²) in [5.41, 5.74) is 5.71. The van der Waals surface area contributed by atoms with Crippen molar-refractivity contribution in [2.45, 2.75) is 25.8 Å². The van der Waals surface area contributed by atoms with Gasteiger partial charge < -0.3 is 10.5 Å². The third-order valence-electron chi connectivity index (χ3n) is 2.01. The van der Waals surface area contributed by atoms with Crippen LogP contribution in [0.25, 0.3) is 0 Å². The maximum Gasteiger partial charge on any atom is 0.0469 e. The zero-order chi connectivity index (χ0) is 6.69. The summed E-state index contributed by atoms with van der Waals surface area (Å²) in [6.45, 7) is 3.90. The largest absolute Gasteiger partial charge is 0.381 e. The topological polar surface area (TPSA) is 35.2 Å². The molecule has 0 saturated carbocycles. The number of hydrogen-bond donors (Lipinski definition) is 1. The van der Waals surface area contributed by atoms with E-state index < -0.39 is 0 Å². The Morgan fingerprint density at radius 2 is 2.00 bits per heavy atom. The van der Waals surface area contributed by atoms with E-state index in [0.717, 1.165) is 26.1 Å². The molecule has 0 bridgehead atoms. The number of rotatable bonds is 1. The molecule has 1 rings (SSSR count). The molecule has 54 valence electrons. The van der Waals surface area contributed by atoms with Gasteiger partial charge >= 0.3 is 0 Å². The van der Waals surface area contributed by atoms with Gasteiger partial charge in [-0.3, -0.25) is 0 Å². The standard InChI is InChI=1S/C7H15NO/c1-6(8)7-2-4-9-5-3-7/h6-7H,2-5,8H2,1H3/t6-/m1/s1. The number of ether oxygens (including phenoxy) is 1. The van der Waals surface area contributed by atoms with Gasteiger partial charge in [-0.15, -0.1) is 0 Å². The highest BCUT2D eigenvalue weighted by Crippen LogP contribution is 2.16. The number of nitrogens with two attached hydrogens (primary N) is 1. The molecule has 0 spiro atoms. The van der Waals surface area contributed by atoms with E-state index in [1.807, 2.05) is 0 Å². The highest BCUT2D eigenvalue weighted by Gasteiger charge is 2.16. The van der Waals surface area contributed by atoms with Crippen LogP contribution in [0.4, 0.5) is 0 Å². The molecule has 0 unspecified atom stereocenters. The van der Waals surface area contributed by atoms with E-state index in [1.54, 1.807) is 0 Å². The van der Waals surface area contributed by atoms with Gasteiger partial charge in [0.1, 0.15) is 0 Å². The molecule has 1 fully saturated rings. The summed E-state index contributed by atoms with van der Waals surface area (Å²) >= 11 is 0. The van der Waals surface area contributed by atoms with Crippen molar-refractivity contribution < 1.29 is 4.74 Å². The Labute approximate surface area is 56.4 Å². The van der Waals surface area contributed by atoms with E-state index in [4.69, 9.17) is 10.5 Å². The average molecular weight is 129 g/mol. The highest BCUT2D eigenvalue weighted by molar-refractivity contribution is 4.70. The van der Waals surface area contributed by atoms with Gasteiger partial charge in [0.2, 0.25) is 0 Å². The molecule has 0 radical (unpaired) electrons. The summed E-state index contributed by atoms with van der Waals surface area (Å²) in [4.78, 5) is 0. The SMILES string of the molecule is C[C@@H](N)C1CCOCC1. The molecule has 0 aliphatic carbocycles. The molecular weight excluding hydrogens is 114 g/mol. The van der Waals surface area contributed by atoms with Crippen LogP contribution < -0.4 is 5.73 Å². The fraction of sp³-hybridized carbons (Fsp3) is 1.00. The van der Waals surface area contributed by atoms with Crippen molar-refractivity contribution in [1.29, 1.82) is 0 Å². The Balaban J connectivity index is 2.23. The van der Waals surface area contributed by atoms with E-state index in [-0.39, 0.29) is 0 Å². The Morgan fingerprint density at radius 3 is 2.33 bits per heavy atom. The first-order valence-corrected chi connectivity index (χ1v) is 3.64. The lowest BCUT2D eigenvalue weighted by Crippen LogP contribution is -2.31.